The van der Waals surface area contributed by atoms with Gasteiger partial charge in [-0.15, -0.1) is 0 Å². The molecule has 3 aromatic rings. The molecule has 0 aliphatic carbocycles. The summed E-state index contributed by atoms with van der Waals surface area (Å²) in [7, 11) is 0. The Labute approximate surface area is 138 Å². The van der Waals surface area contributed by atoms with Gasteiger partial charge in [-0.3, -0.25) is 4.79 Å². The SMILES string of the molecule is Cc1ccnc(NC(=O)c2ccccc2OCc2noc(C)n2)c1. The highest BCUT2D eigenvalue weighted by atomic mass is 16.5. The first-order valence-electron chi connectivity index (χ1n) is 7.37. The van der Waals surface area contributed by atoms with Crippen LogP contribution in [0.25, 0.3) is 0 Å². The second-order valence-corrected chi connectivity index (χ2v) is 5.19. The fourth-order valence-electron chi connectivity index (χ4n) is 2.11. The van der Waals surface area contributed by atoms with Crippen molar-refractivity contribution in [2.75, 3.05) is 5.32 Å². The standard InChI is InChI=1S/C17H16N4O3/c1-11-7-8-18-15(9-11)20-17(22)13-5-3-4-6-14(13)23-10-16-19-12(2)24-21-16/h3-9H,10H2,1-2H3,(H,18,20,22). The highest BCUT2D eigenvalue weighted by molar-refractivity contribution is 6.05. The number of para-hydroxylation sites is 1. The third-order valence-corrected chi connectivity index (χ3v) is 3.22. The van der Waals surface area contributed by atoms with Gasteiger partial charge in [0.15, 0.2) is 6.61 Å². The number of carbonyl (C=O) groups is 1. The summed E-state index contributed by atoms with van der Waals surface area (Å²) in [6, 6.07) is 10.6. The summed E-state index contributed by atoms with van der Waals surface area (Å²) in [4.78, 5) is 20.7. The van der Waals surface area contributed by atoms with Gasteiger partial charge in [-0.25, -0.2) is 4.98 Å². The number of anilines is 1. The molecule has 0 aliphatic rings. The molecule has 3 rings (SSSR count). The Morgan fingerprint density at radius 3 is 2.83 bits per heavy atom. The van der Waals surface area contributed by atoms with Crippen molar-refractivity contribution >= 4 is 11.7 Å². The number of nitrogens with one attached hydrogen (secondary N) is 1. The van der Waals surface area contributed by atoms with E-state index in [9.17, 15) is 4.79 Å². The normalized spacial score (nSPS) is 10.4. The first-order chi connectivity index (χ1) is 11.6. The largest absolute Gasteiger partial charge is 0.485 e. The van der Waals surface area contributed by atoms with E-state index in [4.69, 9.17) is 9.26 Å². The van der Waals surface area contributed by atoms with Crippen LogP contribution < -0.4 is 10.1 Å². The molecule has 24 heavy (non-hydrogen) atoms. The van der Waals surface area contributed by atoms with Crippen LogP contribution in [0.15, 0.2) is 47.1 Å². The van der Waals surface area contributed by atoms with E-state index in [2.05, 4.69) is 20.4 Å². The maximum absolute atomic E-state index is 12.5. The lowest BCUT2D eigenvalue weighted by atomic mass is 10.2. The molecule has 0 bridgehead atoms. The maximum atomic E-state index is 12.5. The minimum Gasteiger partial charge on any atom is -0.485 e. The number of aromatic nitrogens is 3. The van der Waals surface area contributed by atoms with Gasteiger partial charge < -0.3 is 14.6 Å². The van der Waals surface area contributed by atoms with Crippen LogP contribution >= 0.6 is 0 Å². The smallest absolute Gasteiger partial charge is 0.260 e. The predicted molar refractivity (Wildman–Crippen MR) is 86.7 cm³/mol. The molecule has 0 aliphatic heterocycles. The van der Waals surface area contributed by atoms with Gasteiger partial charge in [-0.05, 0) is 36.8 Å². The number of nitrogens with zero attached hydrogens (tertiary/aromatic N) is 3. The molecule has 7 heteroatoms. The molecule has 0 saturated carbocycles. The highest BCUT2D eigenvalue weighted by Gasteiger charge is 2.14. The van der Waals surface area contributed by atoms with Gasteiger partial charge in [-0.2, -0.15) is 4.98 Å². The molecule has 2 heterocycles. The van der Waals surface area contributed by atoms with Crippen LogP contribution in [0.3, 0.4) is 0 Å². The van der Waals surface area contributed by atoms with Crippen LogP contribution in [0.2, 0.25) is 0 Å². The summed E-state index contributed by atoms with van der Waals surface area (Å²) >= 11 is 0. The zero-order valence-corrected chi connectivity index (χ0v) is 13.3. The third-order valence-electron chi connectivity index (χ3n) is 3.22. The van der Waals surface area contributed by atoms with Crippen LogP contribution in [-0.2, 0) is 6.61 Å². The Balaban J connectivity index is 1.74. The number of carbonyl (C=O) groups excluding carboxylic acids is 1. The Bertz CT molecular complexity index is 860. The summed E-state index contributed by atoms with van der Waals surface area (Å²) in [6.07, 6.45) is 1.64. The molecule has 1 amide bonds. The summed E-state index contributed by atoms with van der Waals surface area (Å²) in [5, 5.41) is 6.52. The maximum Gasteiger partial charge on any atom is 0.260 e. The van der Waals surface area contributed by atoms with Crippen LogP contribution in [-0.4, -0.2) is 21.0 Å². The fourth-order valence-corrected chi connectivity index (χ4v) is 2.11. The van der Waals surface area contributed by atoms with Crippen LogP contribution in [0.4, 0.5) is 5.82 Å². The first kappa shape index (κ1) is 15.7. The van der Waals surface area contributed by atoms with Crippen LogP contribution in [0.5, 0.6) is 5.75 Å². The Morgan fingerprint density at radius 1 is 1.25 bits per heavy atom. The van der Waals surface area contributed by atoms with Gasteiger partial charge in [0.2, 0.25) is 11.7 Å². The molecule has 0 spiro atoms. The number of aryl methyl sites for hydroxylation is 2. The number of amides is 1. The molecule has 0 saturated heterocycles. The van der Waals surface area contributed by atoms with Crippen molar-refractivity contribution in [2.45, 2.75) is 20.5 Å². The van der Waals surface area contributed by atoms with Crippen molar-refractivity contribution < 1.29 is 14.1 Å². The molecule has 7 nitrogen and oxygen atoms in total. The minimum absolute atomic E-state index is 0.115. The van der Waals surface area contributed by atoms with Gasteiger partial charge in [0.05, 0.1) is 5.56 Å². The topological polar surface area (TPSA) is 90.1 Å². The predicted octanol–water partition coefficient (Wildman–Crippen LogP) is 2.91. The number of hydrogen-bond donors (Lipinski definition) is 1. The second kappa shape index (κ2) is 6.91. The molecule has 0 fully saturated rings. The Kier molecular flexibility index (Phi) is 4.51. The molecule has 2 aromatic heterocycles. The van der Waals surface area contributed by atoms with Gasteiger partial charge in [0.1, 0.15) is 11.6 Å². The molecular weight excluding hydrogens is 308 g/mol. The molecule has 0 unspecified atom stereocenters. The lowest BCUT2D eigenvalue weighted by Crippen LogP contribution is -2.14. The zero-order chi connectivity index (χ0) is 16.9. The first-order valence-corrected chi connectivity index (χ1v) is 7.37. The monoisotopic (exact) mass is 324 g/mol. The average molecular weight is 324 g/mol. The van der Waals surface area contributed by atoms with Crippen molar-refractivity contribution in [3.8, 4) is 5.75 Å². The van der Waals surface area contributed by atoms with Crippen molar-refractivity contribution in [1.29, 1.82) is 0 Å². The van der Waals surface area contributed by atoms with E-state index in [-0.39, 0.29) is 12.5 Å². The second-order valence-electron chi connectivity index (χ2n) is 5.19. The fraction of sp³-hybridized carbons (Fsp3) is 0.176. The van der Waals surface area contributed by atoms with Gasteiger partial charge >= 0.3 is 0 Å². The van der Waals surface area contributed by atoms with Crippen molar-refractivity contribution in [1.82, 2.24) is 15.1 Å². The number of ether oxygens (including phenoxy) is 1. The minimum atomic E-state index is -0.298. The average Bonchev–Trinajstić information content (AvgIpc) is 2.99. The van der Waals surface area contributed by atoms with E-state index >= 15 is 0 Å². The molecular formula is C17H16N4O3. The van der Waals surface area contributed by atoms with E-state index in [1.54, 1.807) is 43.5 Å². The zero-order valence-electron chi connectivity index (χ0n) is 13.3. The summed E-state index contributed by atoms with van der Waals surface area (Å²) in [6.45, 7) is 3.75. The molecule has 1 N–H and O–H groups in total. The van der Waals surface area contributed by atoms with Gasteiger partial charge in [-0.1, -0.05) is 17.3 Å². The number of rotatable bonds is 5. The molecule has 122 valence electrons. The van der Waals surface area contributed by atoms with Crippen LogP contribution in [0, 0.1) is 13.8 Å². The Morgan fingerprint density at radius 2 is 2.08 bits per heavy atom. The van der Waals surface area contributed by atoms with Gasteiger partial charge in [0, 0.05) is 13.1 Å². The lowest BCUT2D eigenvalue weighted by molar-refractivity contribution is 0.102. The number of benzene rings is 1. The summed E-state index contributed by atoms with van der Waals surface area (Å²) in [5.74, 6) is 1.51. The highest BCUT2D eigenvalue weighted by Crippen LogP contribution is 2.20. The number of hydrogen-bond acceptors (Lipinski definition) is 6. The molecule has 0 radical (unpaired) electrons. The van der Waals surface area contributed by atoms with E-state index in [1.807, 2.05) is 13.0 Å². The lowest BCUT2D eigenvalue weighted by Gasteiger charge is -2.10. The van der Waals surface area contributed by atoms with Crippen molar-refractivity contribution in [2.24, 2.45) is 0 Å². The van der Waals surface area contributed by atoms with Crippen molar-refractivity contribution in [3.63, 3.8) is 0 Å². The summed E-state index contributed by atoms with van der Waals surface area (Å²) < 4.78 is 10.5. The van der Waals surface area contributed by atoms with Crippen LogP contribution in [0.1, 0.15) is 27.6 Å². The molecule has 0 atom stereocenters. The third kappa shape index (κ3) is 3.75. The Hall–Kier alpha value is -3.22. The van der Waals surface area contributed by atoms with E-state index in [1.165, 1.54) is 0 Å². The van der Waals surface area contributed by atoms with E-state index < -0.39 is 0 Å². The number of pyridine rings is 1. The summed E-state index contributed by atoms with van der Waals surface area (Å²) in [5.41, 5.74) is 1.42. The quantitative estimate of drug-likeness (QED) is 0.776. The van der Waals surface area contributed by atoms with E-state index in [0.29, 0.717) is 28.8 Å². The van der Waals surface area contributed by atoms with Crippen molar-refractivity contribution in [3.05, 3.63) is 65.4 Å². The van der Waals surface area contributed by atoms with E-state index in [0.717, 1.165) is 5.56 Å². The molecule has 1 aromatic carbocycles. The van der Waals surface area contributed by atoms with Gasteiger partial charge in [0.25, 0.3) is 5.91 Å².